The van der Waals surface area contributed by atoms with Crippen LogP contribution in [0.3, 0.4) is 0 Å². The molecular weight excluding hydrogens is 446 g/mol. The molecule has 0 aromatic heterocycles. The highest BCUT2D eigenvalue weighted by Crippen LogP contribution is 2.15. The molecule has 3 N–H and O–H groups in total. The Balaban J connectivity index is 1.91. The second kappa shape index (κ2) is 13.5. The summed E-state index contributed by atoms with van der Waals surface area (Å²) in [6.45, 7) is 0.951. The molecule has 2 rings (SSSR count). The van der Waals surface area contributed by atoms with Gasteiger partial charge in [0.15, 0.2) is 13.2 Å². The van der Waals surface area contributed by atoms with Crippen molar-refractivity contribution < 1.29 is 43.6 Å². The van der Waals surface area contributed by atoms with E-state index in [2.05, 4.69) is 5.32 Å². The monoisotopic (exact) mass is 473 g/mol. The van der Waals surface area contributed by atoms with Gasteiger partial charge in [0.05, 0.1) is 6.61 Å². The molecule has 0 saturated carbocycles. The number of nitrogens with one attached hydrogen (secondary N) is 1. The van der Waals surface area contributed by atoms with E-state index in [-0.39, 0.29) is 25.4 Å². The van der Waals surface area contributed by atoms with Gasteiger partial charge in [-0.2, -0.15) is 0 Å². The molecule has 0 fully saturated rings. The molecule has 1 amide bonds. The van der Waals surface area contributed by atoms with E-state index in [1.807, 2.05) is 0 Å². The molecular formula is C24H27NO9. The van der Waals surface area contributed by atoms with Gasteiger partial charge >= 0.3 is 17.9 Å². The highest BCUT2D eigenvalue weighted by Gasteiger charge is 2.22. The first kappa shape index (κ1) is 26.2. The largest absolute Gasteiger partial charge is 0.482 e. The van der Waals surface area contributed by atoms with Crippen LogP contribution in [0, 0.1) is 0 Å². The predicted octanol–water partition coefficient (Wildman–Crippen LogP) is 1.84. The Hall–Kier alpha value is -4.08. The number of ether oxygens (including phenoxy) is 3. The van der Waals surface area contributed by atoms with Crippen LogP contribution in [0.5, 0.6) is 11.5 Å². The molecule has 1 atom stereocenters. The number of rotatable bonds is 14. The molecule has 0 heterocycles. The van der Waals surface area contributed by atoms with Crippen LogP contribution in [0.1, 0.15) is 24.5 Å². The maximum Gasteiger partial charge on any atom is 0.341 e. The number of benzene rings is 2. The number of aryl methyl sites for hydroxylation is 1. The lowest BCUT2D eigenvalue weighted by Crippen LogP contribution is -2.43. The van der Waals surface area contributed by atoms with Crippen LogP contribution >= 0.6 is 0 Å². The van der Waals surface area contributed by atoms with E-state index in [0.717, 1.165) is 11.1 Å². The number of hydrogen-bond donors (Lipinski definition) is 3. The van der Waals surface area contributed by atoms with E-state index in [0.29, 0.717) is 17.9 Å². The molecule has 34 heavy (non-hydrogen) atoms. The van der Waals surface area contributed by atoms with Crippen molar-refractivity contribution >= 4 is 23.8 Å². The van der Waals surface area contributed by atoms with E-state index >= 15 is 0 Å². The highest BCUT2D eigenvalue weighted by molar-refractivity contribution is 5.84. The Morgan fingerprint density at radius 3 is 1.79 bits per heavy atom. The fourth-order valence-corrected chi connectivity index (χ4v) is 2.96. The summed E-state index contributed by atoms with van der Waals surface area (Å²) >= 11 is 0. The van der Waals surface area contributed by atoms with Crippen molar-refractivity contribution in [3.05, 3.63) is 59.7 Å². The van der Waals surface area contributed by atoms with Crippen molar-refractivity contribution in [3.63, 3.8) is 0 Å². The lowest BCUT2D eigenvalue weighted by atomic mass is 10.0. The van der Waals surface area contributed by atoms with E-state index < -0.39 is 37.2 Å². The second-order valence-corrected chi connectivity index (χ2v) is 7.23. The van der Waals surface area contributed by atoms with Gasteiger partial charge in [-0.05, 0) is 48.7 Å². The van der Waals surface area contributed by atoms with Crippen molar-refractivity contribution in [2.24, 2.45) is 0 Å². The zero-order chi connectivity index (χ0) is 24.9. The van der Waals surface area contributed by atoms with Crippen molar-refractivity contribution in [2.45, 2.75) is 32.2 Å². The number of carbonyl (C=O) groups excluding carboxylic acids is 2. The SMILES string of the molecule is CCOC(=O)[C@@H](Cc1ccc(OCC(=O)O)cc1)NC(=O)CCc1ccc(OCC(=O)O)cc1. The summed E-state index contributed by atoms with van der Waals surface area (Å²) in [4.78, 5) is 46.0. The van der Waals surface area contributed by atoms with Crippen LogP contribution < -0.4 is 14.8 Å². The van der Waals surface area contributed by atoms with Crippen molar-refractivity contribution in [2.75, 3.05) is 19.8 Å². The molecule has 0 aliphatic carbocycles. The van der Waals surface area contributed by atoms with Gasteiger partial charge in [-0.15, -0.1) is 0 Å². The summed E-state index contributed by atoms with van der Waals surface area (Å²) in [6.07, 6.45) is 0.739. The van der Waals surface area contributed by atoms with Crippen LogP contribution in [0.4, 0.5) is 0 Å². The topological polar surface area (TPSA) is 148 Å². The minimum absolute atomic E-state index is 0.132. The molecule has 182 valence electrons. The molecule has 0 unspecified atom stereocenters. The minimum atomic E-state index is -1.09. The maximum atomic E-state index is 12.5. The normalized spacial score (nSPS) is 11.2. The lowest BCUT2D eigenvalue weighted by molar-refractivity contribution is -0.147. The number of carboxylic acids is 2. The Labute approximate surface area is 196 Å². The fourth-order valence-electron chi connectivity index (χ4n) is 2.96. The van der Waals surface area contributed by atoms with Gasteiger partial charge in [-0.1, -0.05) is 24.3 Å². The predicted molar refractivity (Wildman–Crippen MR) is 120 cm³/mol. The fraction of sp³-hybridized carbons (Fsp3) is 0.333. The van der Waals surface area contributed by atoms with Gasteiger partial charge in [0.25, 0.3) is 0 Å². The standard InChI is InChI=1S/C24H27NO9/c1-2-32-24(31)20(13-17-5-10-19(11-6-17)34-15-23(29)30)25-21(26)12-7-16-3-8-18(9-4-16)33-14-22(27)28/h3-6,8-11,20H,2,7,12-15H2,1H3,(H,25,26)(H,27,28)(H,29,30)/t20-/m1/s1. The smallest absolute Gasteiger partial charge is 0.341 e. The quantitative estimate of drug-likeness (QED) is 0.349. The van der Waals surface area contributed by atoms with E-state index in [9.17, 15) is 19.2 Å². The Kier molecular flexibility index (Phi) is 10.4. The summed E-state index contributed by atoms with van der Waals surface area (Å²) in [5.41, 5.74) is 1.58. The summed E-state index contributed by atoms with van der Waals surface area (Å²) in [5, 5.41) is 20.0. The number of hydrogen-bond acceptors (Lipinski definition) is 7. The third-order valence-electron chi connectivity index (χ3n) is 4.56. The number of amides is 1. The molecule has 0 saturated heterocycles. The molecule has 10 nitrogen and oxygen atoms in total. The molecule has 0 aliphatic rings. The van der Waals surface area contributed by atoms with Crippen molar-refractivity contribution in [1.29, 1.82) is 0 Å². The molecule has 0 spiro atoms. The summed E-state index contributed by atoms with van der Waals surface area (Å²) < 4.78 is 15.2. The maximum absolute atomic E-state index is 12.5. The van der Waals surface area contributed by atoms with Gasteiger partial charge in [0, 0.05) is 12.8 Å². The molecule has 0 bridgehead atoms. The van der Waals surface area contributed by atoms with Gasteiger partial charge in [-0.3, -0.25) is 4.79 Å². The Morgan fingerprint density at radius 2 is 1.32 bits per heavy atom. The summed E-state index contributed by atoms with van der Waals surface area (Å²) in [7, 11) is 0. The molecule has 0 aliphatic heterocycles. The highest BCUT2D eigenvalue weighted by atomic mass is 16.5. The first-order valence-electron chi connectivity index (χ1n) is 10.6. The van der Waals surface area contributed by atoms with Crippen LogP contribution in [0.15, 0.2) is 48.5 Å². The van der Waals surface area contributed by atoms with E-state index in [4.69, 9.17) is 24.4 Å². The average molecular weight is 473 g/mol. The third kappa shape index (κ3) is 9.60. The summed E-state index contributed by atoms with van der Waals surface area (Å²) in [6, 6.07) is 12.4. The van der Waals surface area contributed by atoms with Gasteiger partial charge in [0.2, 0.25) is 5.91 Å². The van der Waals surface area contributed by atoms with Crippen molar-refractivity contribution in [1.82, 2.24) is 5.32 Å². The molecule has 2 aromatic carbocycles. The average Bonchev–Trinajstić information content (AvgIpc) is 2.81. The zero-order valence-electron chi connectivity index (χ0n) is 18.7. The van der Waals surface area contributed by atoms with Gasteiger partial charge in [0.1, 0.15) is 17.5 Å². The second-order valence-electron chi connectivity index (χ2n) is 7.23. The summed E-state index contributed by atoms with van der Waals surface area (Å²) in [5.74, 6) is -2.25. The molecule has 2 aromatic rings. The number of carboxylic acid groups (broad SMARTS) is 2. The van der Waals surface area contributed by atoms with Crippen LogP contribution in [0.2, 0.25) is 0 Å². The number of aliphatic carboxylic acids is 2. The molecule has 0 radical (unpaired) electrons. The number of esters is 1. The van der Waals surface area contributed by atoms with Crippen LogP contribution in [-0.4, -0.2) is 59.9 Å². The minimum Gasteiger partial charge on any atom is -0.482 e. The molecule has 10 heteroatoms. The van der Waals surface area contributed by atoms with E-state index in [1.165, 1.54) is 0 Å². The Morgan fingerprint density at radius 1 is 0.824 bits per heavy atom. The van der Waals surface area contributed by atoms with Crippen LogP contribution in [-0.2, 0) is 36.8 Å². The zero-order valence-corrected chi connectivity index (χ0v) is 18.7. The van der Waals surface area contributed by atoms with Crippen molar-refractivity contribution in [3.8, 4) is 11.5 Å². The third-order valence-corrected chi connectivity index (χ3v) is 4.56. The van der Waals surface area contributed by atoms with Crippen LogP contribution in [0.25, 0.3) is 0 Å². The Bertz CT molecular complexity index is 971. The first-order chi connectivity index (χ1) is 16.3. The van der Waals surface area contributed by atoms with E-state index in [1.54, 1.807) is 55.5 Å². The van der Waals surface area contributed by atoms with Gasteiger partial charge in [-0.25, -0.2) is 14.4 Å². The number of carbonyl (C=O) groups is 4. The van der Waals surface area contributed by atoms with Gasteiger partial charge < -0.3 is 29.7 Å². The lowest BCUT2D eigenvalue weighted by Gasteiger charge is -2.18. The first-order valence-corrected chi connectivity index (χ1v) is 10.6.